The van der Waals surface area contributed by atoms with E-state index in [0.717, 1.165) is 5.56 Å². The first kappa shape index (κ1) is 15.8. The lowest BCUT2D eigenvalue weighted by molar-refractivity contribution is -0.139. The predicted octanol–water partition coefficient (Wildman–Crippen LogP) is 2.75. The molecule has 0 aliphatic carbocycles. The second-order valence-corrected chi connectivity index (χ2v) is 5.55. The van der Waals surface area contributed by atoms with Gasteiger partial charge in [0.2, 0.25) is 0 Å². The van der Waals surface area contributed by atoms with Gasteiger partial charge >= 0.3 is 0 Å². The summed E-state index contributed by atoms with van der Waals surface area (Å²) in [6.45, 7) is 0. The molecule has 5 heteroatoms. The van der Waals surface area contributed by atoms with Gasteiger partial charge in [-0.15, -0.1) is 0 Å². The molecule has 2 aromatic carbocycles. The van der Waals surface area contributed by atoms with E-state index >= 15 is 0 Å². The molecule has 1 unspecified atom stereocenters. The highest BCUT2D eigenvalue weighted by atomic mass is 16.5. The van der Waals surface area contributed by atoms with Crippen LogP contribution in [0, 0.1) is 0 Å². The first-order chi connectivity index (χ1) is 11.5. The van der Waals surface area contributed by atoms with Crippen molar-refractivity contribution in [1.29, 1.82) is 0 Å². The van der Waals surface area contributed by atoms with Crippen molar-refractivity contribution in [2.45, 2.75) is 6.04 Å². The molecule has 0 saturated carbocycles. The van der Waals surface area contributed by atoms with Gasteiger partial charge in [0.05, 0.1) is 18.7 Å². The Balaban J connectivity index is 2.13. The molecule has 1 aliphatic heterocycles. The summed E-state index contributed by atoms with van der Waals surface area (Å²) >= 11 is 0. The maximum absolute atomic E-state index is 12.4. The van der Waals surface area contributed by atoms with E-state index in [2.05, 4.69) is 0 Å². The van der Waals surface area contributed by atoms with Gasteiger partial charge in [-0.1, -0.05) is 30.3 Å². The van der Waals surface area contributed by atoms with Crippen molar-refractivity contribution in [2.24, 2.45) is 0 Å². The second-order valence-electron chi connectivity index (χ2n) is 5.55. The zero-order valence-electron chi connectivity index (χ0n) is 13.4. The Morgan fingerprint density at radius 3 is 2.25 bits per heavy atom. The number of hydrogen-bond donors (Lipinski definition) is 1. The normalized spacial score (nSPS) is 19.6. The maximum Gasteiger partial charge on any atom is 0.295 e. The Morgan fingerprint density at radius 1 is 1.04 bits per heavy atom. The van der Waals surface area contributed by atoms with E-state index in [9.17, 15) is 14.7 Å². The van der Waals surface area contributed by atoms with Crippen molar-refractivity contribution in [3.8, 4) is 5.75 Å². The van der Waals surface area contributed by atoms with Gasteiger partial charge in [0.15, 0.2) is 0 Å². The Kier molecular flexibility index (Phi) is 4.08. The van der Waals surface area contributed by atoms with Crippen molar-refractivity contribution >= 4 is 17.4 Å². The molecule has 1 N–H and O–H groups in total. The Hall–Kier alpha value is -3.08. The summed E-state index contributed by atoms with van der Waals surface area (Å²) in [7, 11) is 3.11. The highest BCUT2D eigenvalue weighted by Crippen LogP contribution is 2.38. The predicted molar refractivity (Wildman–Crippen MR) is 89.5 cm³/mol. The van der Waals surface area contributed by atoms with E-state index < -0.39 is 17.7 Å². The average Bonchev–Trinajstić information content (AvgIpc) is 2.86. The smallest absolute Gasteiger partial charge is 0.295 e. The number of hydrogen-bond acceptors (Lipinski definition) is 4. The van der Waals surface area contributed by atoms with Crippen LogP contribution in [0.2, 0.25) is 0 Å². The van der Waals surface area contributed by atoms with Gasteiger partial charge in [-0.2, -0.15) is 0 Å². The minimum absolute atomic E-state index is 0.0962. The van der Waals surface area contributed by atoms with Gasteiger partial charge in [-0.05, 0) is 29.8 Å². The number of aliphatic hydroxyl groups excluding tert-OH is 1. The van der Waals surface area contributed by atoms with Crippen LogP contribution in [0.25, 0.3) is 5.76 Å². The fraction of sp³-hybridized carbons (Fsp3) is 0.158. The van der Waals surface area contributed by atoms with Crippen LogP contribution in [-0.4, -0.2) is 35.9 Å². The number of aliphatic hydroxyl groups is 1. The van der Waals surface area contributed by atoms with E-state index in [-0.39, 0.29) is 11.3 Å². The first-order valence-corrected chi connectivity index (χ1v) is 7.48. The van der Waals surface area contributed by atoms with Crippen LogP contribution in [-0.2, 0) is 9.59 Å². The third kappa shape index (κ3) is 2.54. The summed E-state index contributed by atoms with van der Waals surface area (Å²) in [6.07, 6.45) is 0. The van der Waals surface area contributed by atoms with Crippen LogP contribution in [0.3, 0.4) is 0 Å². The number of methoxy groups -OCH3 is 1. The number of rotatable bonds is 3. The fourth-order valence-corrected chi connectivity index (χ4v) is 2.88. The fourth-order valence-electron chi connectivity index (χ4n) is 2.88. The molecule has 0 radical (unpaired) electrons. The SMILES string of the molecule is COc1ccc(C(O)=C2C(=O)C(=O)N(C)C2c2ccccc2)cc1. The summed E-state index contributed by atoms with van der Waals surface area (Å²) in [4.78, 5) is 25.9. The van der Waals surface area contributed by atoms with E-state index in [1.54, 1.807) is 38.4 Å². The monoisotopic (exact) mass is 323 g/mol. The van der Waals surface area contributed by atoms with Crippen LogP contribution in [0.15, 0.2) is 60.2 Å². The molecule has 24 heavy (non-hydrogen) atoms. The van der Waals surface area contributed by atoms with Gasteiger partial charge in [0, 0.05) is 12.6 Å². The summed E-state index contributed by atoms with van der Waals surface area (Å²) in [6, 6.07) is 15.3. The molecule has 1 atom stereocenters. The summed E-state index contributed by atoms with van der Waals surface area (Å²) < 4.78 is 5.09. The molecule has 5 nitrogen and oxygen atoms in total. The molecule has 3 rings (SSSR count). The molecular formula is C19H17NO4. The number of nitrogens with zero attached hydrogens (tertiary/aromatic N) is 1. The van der Waals surface area contributed by atoms with Gasteiger partial charge < -0.3 is 14.7 Å². The van der Waals surface area contributed by atoms with Crippen molar-refractivity contribution < 1.29 is 19.4 Å². The van der Waals surface area contributed by atoms with Crippen LogP contribution < -0.4 is 4.74 Å². The van der Waals surface area contributed by atoms with E-state index in [0.29, 0.717) is 11.3 Å². The van der Waals surface area contributed by atoms with E-state index in [1.165, 1.54) is 4.90 Å². The number of likely N-dealkylation sites (N-methyl/N-ethyl adjacent to an activating group) is 1. The molecule has 1 aliphatic rings. The van der Waals surface area contributed by atoms with E-state index in [1.807, 2.05) is 30.3 Å². The summed E-state index contributed by atoms with van der Waals surface area (Å²) in [5.74, 6) is -0.852. The number of carbonyl (C=O) groups is 2. The lowest BCUT2D eigenvalue weighted by Crippen LogP contribution is -2.24. The first-order valence-electron chi connectivity index (χ1n) is 7.48. The number of Topliss-reactive ketones (excluding diaryl/α,β-unsaturated/α-hetero) is 1. The Labute approximate surface area is 139 Å². The lowest BCUT2D eigenvalue weighted by atomic mass is 9.95. The zero-order chi connectivity index (χ0) is 17.3. The third-order valence-corrected chi connectivity index (χ3v) is 4.15. The van der Waals surface area contributed by atoms with Crippen molar-refractivity contribution in [1.82, 2.24) is 4.90 Å². The number of benzene rings is 2. The Morgan fingerprint density at radius 2 is 1.67 bits per heavy atom. The number of ketones is 1. The van der Waals surface area contributed by atoms with Gasteiger partial charge in [0.1, 0.15) is 11.5 Å². The zero-order valence-corrected chi connectivity index (χ0v) is 13.4. The standard InChI is InChI=1S/C19H17NO4/c1-20-16(12-6-4-3-5-7-12)15(18(22)19(20)23)17(21)13-8-10-14(24-2)11-9-13/h3-11,16,21H,1-2H3. The highest BCUT2D eigenvalue weighted by molar-refractivity contribution is 6.46. The lowest BCUT2D eigenvalue weighted by Gasteiger charge is -2.20. The van der Waals surface area contributed by atoms with Crippen molar-refractivity contribution in [2.75, 3.05) is 14.2 Å². The molecule has 0 bridgehead atoms. The number of ether oxygens (including phenoxy) is 1. The van der Waals surface area contributed by atoms with Crippen LogP contribution in [0.4, 0.5) is 0 Å². The maximum atomic E-state index is 12.4. The van der Waals surface area contributed by atoms with Crippen molar-refractivity contribution in [3.05, 3.63) is 71.3 Å². The molecular weight excluding hydrogens is 306 g/mol. The Bertz CT molecular complexity index is 809. The largest absolute Gasteiger partial charge is 0.507 e. The molecule has 1 heterocycles. The number of amides is 1. The van der Waals surface area contributed by atoms with Crippen LogP contribution in [0.5, 0.6) is 5.75 Å². The minimum Gasteiger partial charge on any atom is -0.507 e. The molecule has 2 aromatic rings. The minimum atomic E-state index is -0.681. The molecule has 0 spiro atoms. The average molecular weight is 323 g/mol. The van der Waals surface area contributed by atoms with Crippen LogP contribution in [0.1, 0.15) is 17.2 Å². The highest BCUT2D eigenvalue weighted by Gasteiger charge is 2.44. The molecule has 0 aromatic heterocycles. The second kappa shape index (κ2) is 6.20. The summed E-state index contributed by atoms with van der Waals surface area (Å²) in [5.41, 5.74) is 1.33. The van der Waals surface area contributed by atoms with Gasteiger partial charge in [0.25, 0.3) is 11.7 Å². The molecule has 1 amide bonds. The molecule has 1 fully saturated rings. The topological polar surface area (TPSA) is 66.8 Å². The summed E-state index contributed by atoms with van der Waals surface area (Å²) in [5, 5.41) is 10.7. The van der Waals surface area contributed by atoms with Gasteiger partial charge in [-0.3, -0.25) is 9.59 Å². The van der Waals surface area contributed by atoms with Gasteiger partial charge in [-0.25, -0.2) is 0 Å². The quantitative estimate of drug-likeness (QED) is 0.536. The van der Waals surface area contributed by atoms with Crippen molar-refractivity contribution in [3.63, 3.8) is 0 Å². The molecule has 122 valence electrons. The number of carbonyl (C=O) groups excluding carboxylic acids is 2. The van der Waals surface area contributed by atoms with E-state index in [4.69, 9.17) is 4.74 Å². The third-order valence-electron chi connectivity index (χ3n) is 4.15. The number of likely N-dealkylation sites (tertiary alicyclic amines) is 1. The van der Waals surface area contributed by atoms with Crippen LogP contribution >= 0.6 is 0 Å². The molecule has 1 saturated heterocycles.